The Morgan fingerprint density at radius 3 is 2.75 bits per heavy atom. The molecule has 0 aliphatic heterocycles. The van der Waals surface area contributed by atoms with Crippen LogP contribution < -0.4 is 0 Å². The summed E-state index contributed by atoms with van der Waals surface area (Å²) in [4.78, 5) is 4.77. The van der Waals surface area contributed by atoms with Gasteiger partial charge in [-0.1, -0.05) is 24.3 Å². The van der Waals surface area contributed by atoms with Crippen LogP contribution in [0, 0.1) is 6.92 Å². The highest BCUT2D eigenvalue weighted by Crippen LogP contribution is 2.29. The Kier molecular flexibility index (Phi) is 2.32. The molecule has 0 aliphatic carbocycles. The molecule has 3 heteroatoms. The predicted molar refractivity (Wildman–Crippen MR) is 80.9 cm³/mol. The molecule has 98 valence electrons. The monoisotopic (exact) mass is 262 g/mol. The molecule has 4 aromatic rings. The van der Waals surface area contributed by atoms with E-state index in [2.05, 4.69) is 35.9 Å². The van der Waals surface area contributed by atoms with Crippen molar-refractivity contribution in [2.24, 2.45) is 0 Å². The Morgan fingerprint density at radius 1 is 1.05 bits per heavy atom. The van der Waals surface area contributed by atoms with Gasteiger partial charge in [-0.2, -0.15) is 0 Å². The molecule has 1 N–H and O–H groups in total. The molecular weight excluding hydrogens is 248 g/mol. The highest BCUT2D eigenvalue weighted by molar-refractivity contribution is 6.04. The number of pyridine rings is 2. The molecule has 20 heavy (non-hydrogen) atoms. The van der Waals surface area contributed by atoms with E-state index in [1.54, 1.807) is 0 Å². The van der Waals surface area contributed by atoms with Gasteiger partial charge in [0.25, 0.3) is 0 Å². The molecule has 0 unspecified atom stereocenters. The summed E-state index contributed by atoms with van der Waals surface area (Å²) in [5, 5.41) is 11.8. The smallest absolute Gasteiger partial charge is 0.0968 e. The van der Waals surface area contributed by atoms with Gasteiger partial charge in [0.05, 0.1) is 23.2 Å². The SMILES string of the molecule is Cc1ccc2c3nc4ccccc4c(CO)c3cn2c1. The zero-order valence-electron chi connectivity index (χ0n) is 11.2. The summed E-state index contributed by atoms with van der Waals surface area (Å²) in [6, 6.07) is 12.1. The summed E-state index contributed by atoms with van der Waals surface area (Å²) in [7, 11) is 0. The summed E-state index contributed by atoms with van der Waals surface area (Å²) in [6.45, 7) is 2.09. The van der Waals surface area contributed by atoms with Crippen LogP contribution in [0.3, 0.4) is 0 Å². The van der Waals surface area contributed by atoms with Crippen LogP contribution in [0.1, 0.15) is 11.1 Å². The van der Waals surface area contributed by atoms with Gasteiger partial charge in [-0.25, -0.2) is 4.98 Å². The number of fused-ring (bicyclic) bond motifs is 4. The summed E-state index contributed by atoms with van der Waals surface area (Å²) in [5.74, 6) is 0. The standard InChI is InChI=1S/C17H14N2O/c1-11-6-7-16-17-13(9-19(16)8-11)14(10-20)12-4-2-3-5-15(12)18-17/h2-9,20H,10H2,1H3. The molecule has 0 atom stereocenters. The largest absolute Gasteiger partial charge is 0.392 e. The maximum absolute atomic E-state index is 9.78. The second-order valence-corrected chi connectivity index (χ2v) is 5.16. The number of para-hydroxylation sites is 1. The molecule has 0 fully saturated rings. The molecule has 1 aromatic carbocycles. The minimum atomic E-state index is 0.0232. The average molecular weight is 262 g/mol. The summed E-state index contributed by atoms with van der Waals surface area (Å²) in [5.41, 5.74) is 5.11. The zero-order valence-corrected chi connectivity index (χ0v) is 11.2. The first kappa shape index (κ1) is 11.4. The lowest BCUT2D eigenvalue weighted by Gasteiger charge is -2.05. The zero-order chi connectivity index (χ0) is 13.7. The van der Waals surface area contributed by atoms with Gasteiger partial charge in [-0.15, -0.1) is 0 Å². The maximum Gasteiger partial charge on any atom is 0.0968 e. The van der Waals surface area contributed by atoms with Gasteiger partial charge < -0.3 is 9.51 Å². The lowest BCUT2D eigenvalue weighted by molar-refractivity contribution is 0.285. The first-order valence-corrected chi connectivity index (χ1v) is 6.67. The quantitative estimate of drug-likeness (QED) is 0.570. The number of benzene rings is 1. The Balaban J connectivity index is 2.27. The number of aliphatic hydroxyl groups is 1. The van der Waals surface area contributed by atoms with Crippen molar-refractivity contribution in [1.82, 2.24) is 9.38 Å². The molecule has 0 saturated carbocycles. The average Bonchev–Trinajstić information content (AvgIpc) is 2.81. The minimum absolute atomic E-state index is 0.0232. The van der Waals surface area contributed by atoms with Crippen molar-refractivity contribution < 1.29 is 5.11 Å². The summed E-state index contributed by atoms with van der Waals surface area (Å²) >= 11 is 0. The van der Waals surface area contributed by atoms with Crippen LogP contribution in [0.25, 0.3) is 27.3 Å². The van der Waals surface area contributed by atoms with Gasteiger partial charge in [0.1, 0.15) is 0 Å². The normalized spacial score (nSPS) is 11.7. The molecule has 0 bridgehead atoms. The van der Waals surface area contributed by atoms with E-state index in [1.165, 1.54) is 5.56 Å². The van der Waals surface area contributed by atoms with Gasteiger partial charge in [0.15, 0.2) is 0 Å². The van der Waals surface area contributed by atoms with Gasteiger partial charge in [-0.3, -0.25) is 0 Å². The van der Waals surface area contributed by atoms with Crippen LogP contribution in [0.5, 0.6) is 0 Å². The lowest BCUT2D eigenvalue weighted by atomic mass is 10.1. The Bertz CT molecular complexity index is 953. The third-order valence-corrected chi connectivity index (χ3v) is 3.84. The molecule has 3 nitrogen and oxygen atoms in total. The van der Waals surface area contributed by atoms with Gasteiger partial charge >= 0.3 is 0 Å². The number of hydrogen-bond acceptors (Lipinski definition) is 2. The van der Waals surface area contributed by atoms with E-state index in [1.807, 2.05) is 24.3 Å². The third-order valence-electron chi connectivity index (χ3n) is 3.84. The molecule has 0 saturated heterocycles. The van der Waals surface area contributed by atoms with Crippen LogP contribution in [0.4, 0.5) is 0 Å². The highest BCUT2D eigenvalue weighted by atomic mass is 16.3. The highest BCUT2D eigenvalue weighted by Gasteiger charge is 2.12. The van der Waals surface area contributed by atoms with Crippen molar-refractivity contribution >= 4 is 27.3 Å². The second-order valence-electron chi connectivity index (χ2n) is 5.16. The lowest BCUT2D eigenvalue weighted by Crippen LogP contribution is -1.90. The first-order valence-electron chi connectivity index (χ1n) is 6.67. The Labute approximate surface area is 116 Å². The van der Waals surface area contributed by atoms with Crippen LogP contribution in [0.2, 0.25) is 0 Å². The van der Waals surface area contributed by atoms with Crippen molar-refractivity contribution in [2.45, 2.75) is 13.5 Å². The maximum atomic E-state index is 9.78. The molecule has 3 heterocycles. The molecule has 0 amide bonds. The molecule has 3 aromatic heterocycles. The van der Waals surface area contributed by atoms with Gasteiger partial charge in [0.2, 0.25) is 0 Å². The van der Waals surface area contributed by atoms with E-state index in [-0.39, 0.29) is 6.61 Å². The summed E-state index contributed by atoms with van der Waals surface area (Å²) < 4.78 is 2.09. The molecule has 0 radical (unpaired) electrons. The van der Waals surface area contributed by atoms with Crippen molar-refractivity contribution in [3.05, 3.63) is 59.9 Å². The fourth-order valence-corrected chi connectivity index (χ4v) is 2.88. The minimum Gasteiger partial charge on any atom is -0.392 e. The van der Waals surface area contributed by atoms with Crippen molar-refractivity contribution in [2.75, 3.05) is 0 Å². The van der Waals surface area contributed by atoms with Crippen LogP contribution >= 0.6 is 0 Å². The second kappa shape index (κ2) is 4.05. The Hall–Kier alpha value is -2.39. The van der Waals surface area contributed by atoms with Crippen LogP contribution in [-0.4, -0.2) is 14.5 Å². The summed E-state index contributed by atoms with van der Waals surface area (Å²) in [6.07, 6.45) is 4.14. The number of aryl methyl sites for hydroxylation is 1. The van der Waals surface area contributed by atoms with E-state index >= 15 is 0 Å². The van der Waals surface area contributed by atoms with E-state index in [0.29, 0.717) is 0 Å². The van der Waals surface area contributed by atoms with Crippen molar-refractivity contribution in [3.8, 4) is 0 Å². The predicted octanol–water partition coefficient (Wildman–Crippen LogP) is 3.44. The number of rotatable bonds is 1. The molecular formula is C17H14N2O. The van der Waals surface area contributed by atoms with Crippen molar-refractivity contribution in [3.63, 3.8) is 0 Å². The molecule has 4 rings (SSSR count). The first-order chi connectivity index (χ1) is 9.78. The van der Waals surface area contributed by atoms with E-state index in [0.717, 1.165) is 32.9 Å². The van der Waals surface area contributed by atoms with E-state index in [9.17, 15) is 5.11 Å². The fourth-order valence-electron chi connectivity index (χ4n) is 2.88. The van der Waals surface area contributed by atoms with Crippen molar-refractivity contribution in [1.29, 1.82) is 0 Å². The number of nitrogens with zero attached hydrogens (tertiary/aromatic N) is 2. The van der Waals surface area contributed by atoms with Crippen LogP contribution in [-0.2, 0) is 6.61 Å². The topological polar surface area (TPSA) is 37.5 Å². The van der Waals surface area contributed by atoms with E-state index < -0.39 is 0 Å². The Morgan fingerprint density at radius 2 is 1.90 bits per heavy atom. The molecule has 0 spiro atoms. The fraction of sp³-hybridized carbons (Fsp3) is 0.118. The number of hydrogen-bond donors (Lipinski definition) is 1. The number of aliphatic hydroxyl groups excluding tert-OH is 1. The van der Waals surface area contributed by atoms with Crippen LogP contribution in [0.15, 0.2) is 48.8 Å². The van der Waals surface area contributed by atoms with Gasteiger partial charge in [-0.05, 0) is 30.2 Å². The molecule has 0 aliphatic rings. The third kappa shape index (κ3) is 1.47. The van der Waals surface area contributed by atoms with E-state index in [4.69, 9.17) is 4.98 Å². The number of aromatic nitrogens is 2. The van der Waals surface area contributed by atoms with Gasteiger partial charge in [0, 0.05) is 23.2 Å².